The monoisotopic (exact) mass is 269 g/mol. The zero-order valence-electron chi connectivity index (χ0n) is 12.0. The average Bonchev–Trinajstić information content (AvgIpc) is 2.25. The van der Waals surface area contributed by atoms with Gasteiger partial charge in [0.25, 0.3) is 0 Å². The molecule has 4 atom stereocenters. The van der Waals surface area contributed by atoms with E-state index in [-0.39, 0.29) is 17.7 Å². The van der Waals surface area contributed by atoms with Crippen molar-refractivity contribution in [2.45, 2.75) is 70.7 Å². The Morgan fingerprint density at radius 1 is 1.26 bits per heavy atom. The van der Waals surface area contributed by atoms with Crippen LogP contribution in [0.15, 0.2) is 0 Å². The van der Waals surface area contributed by atoms with Gasteiger partial charge in [0.2, 0.25) is 0 Å². The number of rotatable bonds is 1. The van der Waals surface area contributed by atoms with Gasteiger partial charge in [0.15, 0.2) is 5.78 Å². The predicted molar refractivity (Wildman–Crippen MR) is 69.7 cm³/mol. The summed E-state index contributed by atoms with van der Waals surface area (Å²) in [6.45, 7) is 6.90. The van der Waals surface area contributed by atoms with Gasteiger partial charge in [-0.15, -0.1) is 0 Å². The molecule has 0 aromatic heterocycles. The molecule has 1 aliphatic carbocycles. The lowest BCUT2D eigenvalue weighted by Crippen LogP contribution is -2.65. The zero-order valence-corrected chi connectivity index (χ0v) is 12.0. The molecule has 1 N–H and O–H groups in total. The van der Waals surface area contributed by atoms with Crippen molar-refractivity contribution in [3.63, 3.8) is 0 Å². The van der Waals surface area contributed by atoms with Crippen molar-refractivity contribution in [2.75, 3.05) is 0 Å². The second kappa shape index (κ2) is 4.78. The molecule has 0 aromatic rings. The first-order valence-electron chi connectivity index (χ1n) is 6.90. The number of carbonyl (C=O) groups is 2. The summed E-state index contributed by atoms with van der Waals surface area (Å²) < 4.78 is 5.38. The summed E-state index contributed by atoms with van der Waals surface area (Å²) in [5.41, 5.74) is -0.597. The van der Waals surface area contributed by atoms with Crippen LogP contribution < -0.4 is 0 Å². The fourth-order valence-electron chi connectivity index (χ4n) is 3.30. The van der Waals surface area contributed by atoms with Crippen LogP contribution in [-0.4, -0.2) is 45.7 Å². The molecule has 2 aliphatic heterocycles. The Bertz CT molecular complexity index is 387. The molecule has 1 saturated carbocycles. The van der Waals surface area contributed by atoms with E-state index in [0.29, 0.717) is 6.42 Å². The number of Topliss-reactive ketones (excluding diaryl/α,β-unsaturated/α-hetero) is 1. The zero-order chi connectivity index (χ0) is 14.4. The van der Waals surface area contributed by atoms with E-state index in [9.17, 15) is 14.7 Å². The van der Waals surface area contributed by atoms with Crippen molar-refractivity contribution in [1.29, 1.82) is 0 Å². The van der Waals surface area contributed by atoms with Crippen LogP contribution in [0.3, 0.4) is 0 Å². The van der Waals surface area contributed by atoms with Crippen molar-refractivity contribution in [3.05, 3.63) is 0 Å². The fraction of sp³-hybridized carbons (Fsp3) is 0.857. The van der Waals surface area contributed by atoms with Gasteiger partial charge in [-0.2, -0.15) is 0 Å². The van der Waals surface area contributed by atoms with Gasteiger partial charge in [-0.3, -0.25) is 9.69 Å². The topological polar surface area (TPSA) is 66.8 Å². The van der Waals surface area contributed by atoms with Crippen molar-refractivity contribution >= 4 is 11.9 Å². The Morgan fingerprint density at radius 2 is 1.89 bits per heavy atom. The highest BCUT2D eigenvalue weighted by Gasteiger charge is 2.51. The summed E-state index contributed by atoms with van der Waals surface area (Å²) in [5, 5.41) is 10.1. The van der Waals surface area contributed by atoms with Crippen LogP contribution in [-0.2, 0) is 9.53 Å². The highest BCUT2D eigenvalue weighted by molar-refractivity contribution is 5.86. The van der Waals surface area contributed by atoms with Crippen LogP contribution >= 0.6 is 0 Å². The minimum atomic E-state index is -0.597. The molecule has 0 aromatic carbocycles. The van der Waals surface area contributed by atoms with E-state index in [1.165, 1.54) is 11.8 Å². The molecule has 3 aliphatic rings. The largest absolute Gasteiger partial charge is 0.444 e. The Morgan fingerprint density at radius 3 is 2.37 bits per heavy atom. The van der Waals surface area contributed by atoms with Gasteiger partial charge >= 0.3 is 6.09 Å². The Kier molecular flexibility index (Phi) is 3.60. The molecule has 3 fully saturated rings. The van der Waals surface area contributed by atoms with Crippen LogP contribution in [0.4, 0.5) is 4.79 Å². The molecular formula is C14H23NO4. The minimum Gasteiger partial charge on any atom is -0.444 e. The second-order valence-electron chi connectivity index (χ2n) is 6.65. The lowest BCUT2D eigenvalue weighted by Gasteiger charge is -2.52. The van der Waals surface area contributed by atoms with Crippen LogP contribution in [0.1, 0.15) is 47.0 Å². The highest BCUT2D eigenvalue weighted by Crippen LogP contribution is 2.40. The van der Waals surface area contributed by atoms with Gasteiger partial charge in [0.1, 0.15) is 5.60 Å². The number of hydrogen-bond acceptors (Lipinski definition) is 4. The number of hydrogen-bond donors (Lipinski definition) is 1. The van der Waals surface area contributed by atoms with Crippen LogP contribution in [0.5, 0.6) is 0 Å². The summed E-state index contributed by atoms with van der Waals surface area (Å²) >= 11 is 0. The maximum atomic E-state index is 12.3. The molecule has 5 nitrogen and oxygen atoms in total. The first-order chi connectivity index (χ1) is 8.70. The van der Waals surface area contributed by atoms with Crippen molar-refractivity contribution in [1.82, 2.24) is 4.90 Å². The van der Waals surface area contributed by atoms with Crippen LogP contribution in [0, 0.1) is 5.92 Å². The summed E-state index contributed by atoms with van der Waals surface area (Å²) in [6.07, 6.45) is 1.22. The third-order valence-electron chi connectivity index (χ3n) is 3.95. The number of carbonyl (C=O) groups excluding carboxylic acids is 2. The Labute approximate surface area is 113 Å². The third kappa shape index (κ3) is 2.76. The second-order valence-corrected chi connectivity index (χ2v) is 6.65. The number of amides is 1. The standard InChI is InChI=1S/C14H23NO4/c1-8(16)12-9-5-6-10(11(17)7-9)15(12)13(18)19-14(2,3)4/h9-12,17H,5-7H2,1-4H3/t9-,10+,11+,12-/m1/s1. The fourth-order valence-corrected chi connectivity index (χ4v) is 3.30. The molecule has 1 amide bonds. The number of ketones is 1. The predicted octanol–water partition coefficient (Wildman–Crippen LogP) is 1.72. The van der Waals surface area contributed by atoms with Crippen LogP contribution in [0.25, 0.3) is 0 Å². The van der Waals surface area contributed by atoms with E-state index >= 15 is 0 Å². The van der Waals surface area contributed by atoms with Crippen molar-refractivity contribution < 1.29 is 19.4 Å². The third-order valence-corrected chi connectivity index (χ3v) is 3.95. The molecule has 0 unspecified atom stereocenters. The molecule has 0 radical (unpaired) electrons. The summed E-state index contributed by atoms with van der Waals surface area (Å²) in [6, 6.07) is -0.717. The number of ether oxygens (including phenoxy) is 1. The van der Waals surface area contributed by atoms with E-state index in [1.54, 1.807) is 20.8 Å². The maximum absolute atomic E-state index is 12.3. The molecule has 2 heterocycles. The molecule has 2 saturated heterocycles. The van der Waals surface area contributed by atoms with Crippen molar-refractivity contribution in [3.8, 4) is 0 Å². The molecule has 3 rings (SSSR count). The van der Waals surface area contributed by atoms with Gasteiger partial charge < -0.3 is 9.84 Å². The van der Waals surface area contributed by atoms with Gasteiger partial charge in [-0.25, -0.2) is 4.79 Å². The van der Waals surface area contributed by atoms with E-state index in [2.05, 4.69) is 0 Å². The number of aliphatic hydroxyl groups excluding tert-OH is 1. The quantitative estimate of drug-likeness (QED) is 0.787. The minimum absolute atomic E-state index is 0.0209. The average molecular weight is 269 g/mol. The number of nitrogens with zero attached hydrogens (tertiary/aromatic N) is 1. The molecule has 19 heavy (non-hydrogen) atoms. The molecule has 108 valence electrons. The smallest absolute Gasteiger partial charge is 0.411 e. The van der Waals surface area contributed by atoms with Gasteiger partial charge in [0, 0.05) is 0 Å². The van der Waals surface area contributed by atoms with Crippen molar-refractivity contribution in [2.24, 2.45) is 5.92 Å². The highest BCUT2D eigenvalue weighted by atomic mass is 16.6. The summed E-state index contributed by atoms with van der Waals surface area (Å²) in [5.74, 6) is 0.0393. The van der Waals surface area contributed by atoms with E-state index in [4.69, 9.17) is 4.74 Å². The lowest BCUT2D eigenvalue weighted by molar-refractivity contribution is -0.138. The van der Waals surface area contributed by atoms with Gasteiger partial charge in [-0.05, 0) is 52.9 Å². The maximum Gasteiger partial charge on any atom is 0.411 e. The van der Waals surface area contributed by atoms with E-state index in [0.717, 1.165) is 12.8 Å². The van der Waals surface area contributed by atoms with E-state index < -0.39 is 23.8 Å². The number of aliphatic hydroxyl groups is 1. The Hall–Kier alpha value is -1.10. The van der Waals surface area contributed by atoms with Gasteiger partial charge in [-0.1, -0.05) is 0 Å². The molecule has 5 heteroatoms. The van der Waals surface area contributed by atoms with Crippen LogP contribution in [0.2, 0.25) is 0 Å². The number of piperidine rings is 2. The Balaban J connectivity index is 2.24. The summed E-state index contributed by atoms with van der Waals surface area (Å²) in [4.78, 5) is 25.6. The van der Waals surface area contributed by atoms with Gasteiger partial charge in [0.05, 0.1) is 18.2 Å². The lowest BCUT2D eigenvalue weighted by atomic mass is 9.72. The SMILES string of the molecule is CC(=O)[C@@H]1[C@@H]2CC[C@@H]([C@@H](O)C2)N1C(=O)OC(C)(C)C. The molecular weight excluding hydrogens is 246 g/mol. The number of fused-ring (bicyclic) bond motifs is 3. The normalized spacial score (nSPS) is 34.3. The first-order valence-corrected chi connectivity index (χ1v) is 6.90. The first kappa shape index (κ1) is 14.3. The molecule has 0 spiro atoms. The molecule has 2 bridgehead atoms. The summed E-state index contributed by atoms with van der Waals surface area (Å²) in [7, 11) is 0. The van der Waals surface area contributed by atoms with E-state index in [1.807, 2.05) is 0 Å².